The molecule has 0 aliphatic rings. The van der Waals surface area contributed by atoms with Gasteiger partial charge in [-0.2, -0.15) is 0 Å². The van der Waals surface area contributed by atoms with Crippen LogP contribution in [0.5, 0.6) is 0 Å². The minimum atomic E-state index is -0.360. The van der Waals surface area contributed by atoms with E-state index in [-0.39, 0.29) is 37.6 Å². The monoisotopic (exact) mass is 378 g/mol. The molecule has 28 heavy (non-hydrogen) atoms. The highest BCUT2D eigenvalue weighted by atomic mass is 16.5. The average Bonchev–Trinajstić information content (AvgIpc) is 3.26. The largest absolute Gasteiger partial charge is 0.467 e. The van der Waals surface area contributed by atoms with Crippen LogP contribution in [0.4, 0.5) is 0 Å². The second kappa shape index (κ2) is 10.1. The highest BCUT2D eigenvalue weighted by Gasteiger charge is 2.16. The van der Waals surface area contributed by atoms with Gasteiger partial charge in [0.1, 0.15) is 18.5 Å². The van der Waals surface area contributed by atoms with E-state index in [1.807, 2.05) is 60.7 Å². The van der Waals surface area contributed by atoms with Gasteiger partial charge < -0.3 is 19.8 Å². The zero-order valence-electron chi connectivity index (χ0n) is 15.3. The molecule has 1 aromatic heterocycles. The average molecular weight is 378 g/mol. The SMILES string of the molecule is O=C(CNC(=O)COC(c1ccccc1)c1ccccc1)NCc1ccco1. The molecule has 0 radical (unpaired) electrons. The fraction of sp³-hybridized carbons (Fsp3) is 0.182. The molecule has 0 aliphatic carbocycles. The summed E-state index contributed by atoms with van der Waals surface area (Å²) in [5.74, 6) is -0.00555. The van der Waals surface area contributed by atoms with Crippen molar-refractivity contribution < 1.29 is 18.7 Å². The Labute approximate surface area is 163 Å². The molecule has 2 N–H and O–H groups in total. The lowest BCUT2D eigenvalue weighted by Crippen LogP contribution is -2.38. The zero-order valence-corrected chi connectivity index (χ0v) is 15.3. The molecule has 0 saturated carbocycles. The van der Waals surface area contributed by atoms with Crippen molar-refractivity contribution in [3.63, 3.8) is 0 Å². The van der Waals surface area contributed by atoms with E-state index in [2.05, 4.69) is 10.6 Å². The van der Waals surface area contributed by atoms with Gasteiger partial charge >= 0.3 is 0 Å². The third kappa shape index (κ3) is 5.82. The number of furan rings is 1. The second-order valence-electron chi connectivity index (χ2n) is 6.15. The lowest BCUT2D eigenvalue weighted by Gasteiger charge is -2.18. The Morgan fingerprint density at radius 2 is 1.46 bits per heavy atom. The van der Waals surface area contributed by atoms with Gasteiger partial charge in [-0.25, -0.2) is 0 Å². The summed E-state index contributed by atoms with van der Waals surface area (Å²) in [5.41, 5.74) is 1.91. The maximum absolute atomic E-state index is 12.1. The lowest BCUT2D eigenvalue weighted by atomic mass is 10.0. The Kier molecular flexibility index (Phi) is 6.98. The van der Waals surface area contributed by atoms with E-state index >= 15 is 0 Å². The van der Waals surface area contributed by atoms with Gasteiger partial charge in [-0.1, -0.05) is 60.7 Å². The fourth-order valence-electron chi connectivity index (χ4n) is 2.69. The number of amides is 2. The van der Waals surface area contributed by atoms with Crippen LogP contribution in [0.3, 0.4) is 0 Å². The molecule has 3 aromatic rings. The number of hydrogen-bond acceptors (Lipinski definition) is 4. The molecule has 0 spiro atoms. The van der Waals surface area contributed by atoms with Crippen LogP contribution in [-0.4, -0.2) is 25.0 Å². The maximum atomic E-state index is 12.1. The normalized spacial score (nSPS) is 10.6. The first-order valence-electron chi connectivity index (χ1n) is 8.99. The minimum absolute atomic E-state index is 0.121. The first-order chi connectivity index (χ1) is 13.7. The van der Waals surface area contributed by atoms with Crippen molar-refractivity contribution in [1.82, 2.24) is 10.6 Å². The van der Waals surface area contributed by atoms with E-state index in [1.165, 1.54) is 6.26 Å². The summed E-state index contributed by atoms with van der Waals surface area (Å²) in [4.78, 5) is 23.9. The molecule has 0 saturated heterocycles. The van der Waals surface area contributed by atoms with Crippen molar-refractivity contribution in [3.8, 4) is 0 Å². The predicted molar refractivity (Wildman–Crippen MR) is 104 cm³/mol. The molecule has 0 fully saturated rings. The Balaban J connectivity index is 1.49. The lowest BCUT2D eigenvalue weighted by molar-refractivity contribution is -0.130. The molecule has 0 aliphatic heterocycles. The van der Waals surface area contributed by atoms with E-state index in [4.69, 9.17) is 9.15 Å². The van der Waals surface area contributed by atoms with Gasteiger partial charge in [-0.3, -0.25) is 9.59 Å². The molecule has 3 rings (SSSR count). The van der Waals surface area contributed by atoms with E-state index in [0.29, 0.717) is 5.76 Å². The summed E-state index contributed by atoms with van der Waals surface area (Å²) < 4.78 is 11.0. The summed E-state index contributed by atoms with van der Waals surface area (Å²) in [6.07, 6.45) is 1.18. The van der Waals surface area contributed by atoms with E-state index in [9.17, 15) is 9.59 Å². The van der Waals surface area contributed by atoms with Crippen LogP contribution in [0.1, 0.15) is 23.0 Å². The van der Waals surface area contributed by atoms with Crippen LogP contribution in [0, 0.1) is 0 Å². The van der Waals surface area contributed by atoms with Crippen molar-refractivity contribution in [2.75, 3.05) is 13.2 Å². The van der Waals surface area contributed by atoms with E-state index in [1.54, 1.807) is 12.1 Å². The zero-order chi connectivity index (χ0) is 19.6. The second-order valence-corrected chi connectivity index (χ2v) is 6.15. The quantitative estimate of drug-likeness (QED) is 0.600. The highest BCUT2D eigenvalue weighted by molar-refractivity contribution is 5.85. The van der Waals surface area contributed by atoms with Crippen molar-refractivity contribution in [2.45, 2.75) is 12.6 Å². The summed E-state index contributed by atoms with van der Waals surface area (Å²) in [6, 6.07) is 22.9. The van der Waals surface area contributed by atoms with E-state index in [0.717, 1.165) is 11.1 Å². The summed E-state index contributed by atoms with van der Waals surface area (Å²) in [7, 11) is 0. The van der Waals surface area contributed by atoms with Crippen molar-refractivity contribution in [3.05, 3.63) is 95.9 Å². The minimum Gasteiger partial charge on any atom is -0.467 e. The van der Waals surface area contributed by atoms with Gasteiger partial charge in [0.15, 0.2) is 0 Å². The fourth-order valence-corrected chi connectivity index (χ4v) is 2.69. The number of ether oxygens (including phenoxy) is 1. The van der Waals surface area contributed by atoms with Crippen LogP contribution < -0.4 is 10.6 Å². The molecular weight excluding hydrogens is 356 g/mol. The number of nitrogens with one attached hydrogen (secondary N) is 2. The number of benzene rings is 2. The van der Waals surface area contributed by atoms with Crippen molar-refractivity contribution in [2.24, 2.45) is 0 Å². The van der Waals surface area contributed by atoms with Crippen LogP contribution in [0.25, 0.3) is 0 Å². The third-order valence-electron chi connectivity index (χ3n) is 4.07. The Bertz CT molecular complexity index is 825. The molecule has 144 valence electrons. The van der Waals surface area contributed by atoms with Gasteiger partial charge in [0.25, 0.3) is 0 Å². The Hall–Kier alpha value is -3.38. The van der Waals surface area contributed by atoms with Crippen molar-refractivity contribution >= 4 is 11.8 Å². The predicted octanol–water partition coefficient (Wildman–Crippen LogP) is 2.82. The first-order valence-corrected chi connectivity index (χ1v) is 8.99. The summed E-state index contributed by atoms with van der Waals surface area (Å²) in [5, 5.41) is 5.23. The topological polar surface area (TPSA) is 80.6 Å². The van der Waals surface area contributed by atoms with E-state index < -0.39 is 0 Å². The van der Waals surface area contributed by atoms with Crippen LogP contribution in [-0.2, 0) is 20.9 Å². The highest BCUT2D eigenvalue weighted by Crippen LogP contribution is 2.25. The van der Waals surface area contributed by atoms with Gasteiger partial charge in [0.05, 0.1) is 19.4 Å². The smallest absolute Gasteiger partial charge is 0.246 e. The number of carbonyl (C=O) groups is 2. The molecule has 6 heteroatoms. The van der Waals surface area contributed by atoms with Crippen LogP contribution in [0.2, 0.25) is 0 Å². The molecule has 2 aromatic carbocycles. The number of carbonyl (C=O) groups excluding carboxylic acids is 2. The molecule has 1 heterocycles. The summed E-state index contributed by atoms with van der Waals surface area (Å²) >= 11 is 0. The van der Waals surface area contributed by atoms with Gasteiger partial charge in [0.2, 0.25) is 11.8 Å². The van der Waals surface area contributed by atoms with Crippen LogP contribution in [0.15, 0.2) is 83.5 Å². The molecule has 6 nitrogen and oxygen atoms in total. The van der Waals surface area contributed by atoms with Gasteiger partial charge in [0, 0.05) is 0 Å². The Morgan fingerprint density at radius 3 is 2.04 bits per heavy atom. The standard InChI is InChI=1S/C22H22N2O4/c25-20(23-14-19-12-7-13-27-19)15-24-21(26)16-28-22(17-8-3-1-4-9-17)18-10-5-2-6-11-18/h1-13,22H,14-16H2,(H,23,25)(H,24,26). The Morgan fingerprint density at radius 1 is 0.821 bits per heavy atom. The molecular formula is C22H22N2O4. The molecule has 0 atom stereocenters. The van der Waals surface area contributed by atoms with Gasteiger partial charge in [-0.15, -0.1) is 0 Å². The molecule has 0 unspecified atom stereocenters. The first kappa shape index (κ1) is 19.4. The van der Waals surface area contributed by atoms with Gasteiger partial charge in [-0.05, 0) is 23.3 Å². The molecule has 2 amide bonds. The molecule has 0 bridgehead atoms. The van der Waals surface area contributed by atoms with Crippen molar-refractivity contribution in [1.29, 1.82) is 0 Å². The van der Waals surface area contributed by atoms with Crippen LogP contribution >= 0.6 is 0 Å². The maximum Gasteiger partial charge on any atom is 0.246 e. The summed E-state index contributed by atoms with van der Waals surface area (Å²) in [6.45, 7) is 0.00640. The third-order valence-corrected chi connectivity index (χ3v) is 4.07. The number of rotatable bonds is 9. The number of hydrogen-bond donors (Lipinski definition) is 2.